The first-order valence-electron chi connectivity index (χ1n) is 28.4. The first-order chi connectivity index (χ1) is 35.9. The highest BCUT2D eigenvalue weighted by Crippen LogP contribution is 2.45. The largest absolute Gasteiger partial charge is 0.208 e. The van der Waals surface area contributed by atoms with E-state index in [1.54, 1.807) is 0 Å². The topological polar surface area (TPSA) is 38.7 Å². The monoisotopic (exact) mass is 666 g/mol. The smallest absolute Gasteiger partial charge is 0.164 e. The summed E-state index contributed by atoms with van der Waals surface area (Å²) < 4.78 is 237. The third-order valence-electron chi connectivity index (χ3n) is 7.71. The lowest BCUT2D eigenvalue weighted by Crippen LogP contribution is -2.00. The van der Waals surface area contributed by atoms with Gasteiger partial charge in [-0.25, -0.2) is 15.0 Å². The second kappa shape index (κ2) is 12.5. The van der Waals surface area contributed by atoms with Crippen LogP contribution in [0.15, 0.2) is 169 Å². The van der Waals surface area contributed by atoms with Gasteiger partial charge < -0.3 is 0 Å². The summed E-state index contributed by atoms with van der Waals surface area (Å²) in [6.07, 6.45) is -0.580. The zero-order valence-electron chi connectivity index (χ0n) is 52.6. The van der Waals surface area contributed by atoms with Gasteiger partial charge in [-0.05, 0) is 87.1 Å². The molecule has 0 aliphatic heterocycles. The fourth-order valence-corrected chi connectivity index (χ4v) is 5.50. The van der Waals surface area contributed by atoms with Crippen LogP contribution < -0.4 is 0 Å². The van der Waals surface area contributed by atoms with Crippen molar-refractivity contribution in [3.63, 3.8) is 0 Å². The van der Waals surface area contributed by atoms with Crippen molar-refractivity contribution in [3.05, 3.63) is 186 Å². The maximum Gasteiger partial charge on any atom is 0.164 e. The molecule has 7 aromatic carbocycles. The van der Waals surface area contributed by atoms with Crippen LogP contribution in [0.5, 0.6) is 0 Å². The van der Waals surface area contributed by atoms with Crippen molar-refractivity contribution in [2.45, 2.75) is 13.3 Å². The van der Waals surface area contributed by atoms with Crippen molar-refractivity contribution in [2.24, 2.45) is 0 Å². The molecule has 1 aliphatic rings. The number of aromatic nitrogens is 3. The molecule has 1 aromatic heterocycles. The molecule has 236 valence electrons. The summed E-state index contributed by atoms with van der Waals surface area (Å²) in [4.78, 5) is 13.1. The minimum Gasteiger partial charge on any atom is -0.208 e. The molecule has 8 aromatic rings. The van der Waals surface area contributed by atoms with Crippen molar-refractivity contribution < 1.29 is 37.0 Å². The number of hydrogen-bond acceptors (Lipinski definition) is 3. The van der Waals surface area contributed by atoms with Gasteiger partial charge >= 0.3 is 0 Å². The summed E-state index contributed by atoms with van der Waals surface area (Å²) in [5.74, 6) is -1.93. The second-order valence-corrected chi connectivity index (χ2v) is 10.8. The maximum absolute atomic E-state index is 9.43. The van der Waals surface area contributed by atoms with Crippen molar-refractivity contribution in [1.82, 2.24) is 15.0 Å². The molecule has 3 heteroatoms. The van der Waals surface area contributed by atoms with Crippen LogP contribution in [0.1, 0.15) is 53.7 Å². The molecule has 0 unspecified atom stereocenters. The first-order valence-corrected chi connectivity index (χ1v) is 14.9. The molecule has 1 aliphatic carbocycles. The predicted molar refractivity (Wildman–Crippen MR) is 205 cm³/mol. The van der Waals surface area contributed by atoms with Crippen molar-refractivity contribution in [2.75, 3.05) is 0 Å². The lowest BCUT2D eigenvalue weighted by Gasteiger charge is -2.12. The first kappa shape index (κ1) is 12.8. The van der Waals surface area contributed by atoms with Gasteiger partial charge in [0.05, 0.1) is 37.0 Å². The Kier molecular flexibility index (Phi) is 3.20. The standard InChI is InChI=1S/C47H33N3/c1-31-13-8-21-37(27-31)46-48-45(33-16-6-3-7-17-33)49-47(50-46)38-22-10-20-36(29-38)40-24-12-26-42-41-25-11-23-39(43(41)30-44(40)42)35-19-9-18-34(28-35)32-14-4-2-5-15-32/h2-29H,30H2,1H3/i2D,3D,4D,5D,6D,7D,8D,9D,10D,11D,12D,13D,14D,15D,16D,17D,18D,19D,20D,21D,22D,23D,24D,25D,26D,27D,28D. The second-order valence-electron chi connectivity index (χ2n) is 10.8. The van der Waals surface area contributed by atoms with E-state index in [0.717, 1.165) is 6.07 Å². The molecule has 50 heavy (non-hydrogen) atoms. The van der Waals surface area contributed by atoms with Crippen LogP contribution in [-0.4, -0.2) is 15.0 Å². The van der Waals surface area contributed by atoms with Crippen molar-refractivity contribution in [1.29, 1.82) is 0 Å². The Labute approximate surface area is 330 Å². The fraction of sp³-hybridized carbons (Fsp3) is 0.0426. The summed E-state index contributed by atoms with van der Waals surface area (Å²) in [6, 6.07) is -20.3. The molecule has 0 bridgehead atoms. The minimum absolute atomic E-state index is 0.0976. The Morgan fingerprint density at radius 1 is 0.380 bits per heavy atom. The van der Waals surface area contributed by atoms with Crippen LogP contribution in [0.2, 0.25) is 0 Å². The van der Waals surface area contributed by atoms with E-state index in [2.05, 4.69) is 15.0 Å². The van der Waals surface area contributed by atoms with E-state index >= 15 is 0 Å². The number of fused-ring (bicyclic) bond motifs is 3. The van der Waals surface area contributed by atoms with Gasteiger partial charge in [0, 0.05) is 16.7 Å². The highest BCUT2D eigenvalue weighted by Gasteiger charge is 2.25. The average Bonchev–Trinajstić information content (AvgIpc) is 3.85. The molecule has 3 nitrogen and oxygen atoms in total. The number of hydrogen-bond donors (Lipinski definition) is 0. The minimum atomic E-state index is -0.922. The molecule has 0 atom stereocenters. The SMILES string of the molecule is [2H]c1c(-c2nc(-c3c([2H])c([2H])c([2H])c([2H])c3[2H])nc(-c3c([2H])c([2H])c([2H])c(C)c3[2H])n2)cc(-c2c([2H])c([2H])c([2H])c3c2Cc2c(-c4c([2H])c([2H])c([2H])c(-c5c([2H])c([2H])c([2H])c([2H])c5[2H])c4[2H])c([2H])c([2H])c([2H])c2-3)c([2H])c1[2H]. The van der Waals surface area contributed by atoms with E-state index in [-0.39, 0.29) is 33.4 Å². The molecule has 0 N–H and O–H groups in total. The highest BCUT2D eigenvalue weighted by molar-refractivity contribution is 5.90. The summed E-state index contributed by atoms with van der Waals surface area (Å²) in [7, 11) is 0. The molecule has 9 rings (SSSR count). The summed E-state index contributed by atoms with van der Waals surface area (Å²) in [5, 5.41) is 0. The van der Waals surface area contributed by atoms with Gasteiger partial charge in [0.2, 0.25) is 0 Å². The average molecular weight is 667 g/mol. The molecule has 0 spiro atoms. The fourth-order valence-electron chi connectivity index (χ4n) is 5.50. The van der Waals surface area contributed by atoms with E-state index in [4.69, 9.17) is 30.2 Å². The van der Waals surface area contributed by atoms with Gasteiger partial charge in [-0.1, -0.05) is 157 Å². The van der Waals surface area contributed by atoms with E-state index in [0.29, 0.717) is 0 Å². The van der Waals surface area contributed by atoms with Gasteiger partial charge in [-0.15, -0.1) is 0 Å². The zero-order valence-corrected chi connectivity index (χ0v) is 25.6. The zero-order chi connectivity index (χ0) is 56.9. The Hall–Kier alpha value is -6.45. The van der Waals surface area contributed by atoms with E-state index in [1.807, 2.05) is 0 Å². The van der Waals surface area contributed by atoms with Crippen LogP contribution in [0.4, 0.5) is 0 Å². The highest BCUT2D eigenvalue weighted by atomic mass is 15.0. The summed E-state index contributed by atoms with van der Waals surface area (Å²) in [5.41, 5.74) is -5.95. The molecular formula is C47H33N3. The number of rotatable bonds is 6. The van der Waals surface area contributed by atoms with Gasteiger partial charge in [-0.2, -0.15) is 0 Å². The van der Waals surface area contributed by atoms with E-state index in [1.165, 1.54) is 6.92 Å². The van der Waals surface area contributed by atoms with Gasteiger partial charge in [0.15, 0.2) is 17.5 Å². The van der Waals surface area contributed by atoms with E-state index < -0.39 is 232 Å². The lowest BCUT2D eigenvalue weighted by atomic mass is 9.93. The Morgan fingerprint density at radius 2 is 0.840 bits per heavy atom. The molecule has 0 amide bonds. The quantitative estimate of drug-likeness (QED) is 0.177. The molecule has 0 radical (unpaired) electrons. The van der Waals surface area contributed by atoms with E-state index in [9.17, 15) is 6.85 Å². The third-order valence-corrected chi connectivity index (χ3v) is 7.71. The summed E-state index contributed by atoms with van der Waals surface area (Å²) in [6.45, 7) is 1.32. The molecule has 0 saturated heterocycles. The molecular weight excluding hydrogens is 607 g/mol. The van der Waals surface area contributed by atoms with Crippen molar-refractivity contribution >= 4 is 0 Å². The number of nitrogens with zero attached hydrogens (tertiary/aromatic N) is 3. The van der Waals surface area contributed by atoms with Crippen LogP contribution in [0, 0.1) is 6.92 Å². The molecule has 0 fully saturated rings. The molecule has 1 heterocycles. The number of benzene rings is 7. The maximum atomic E-state index is 9.43. The normalized spacial score (nSPS) is 19.2. The Balaban J connectivity index is 1.35. The lowest BCUT2D eigenvalue weighted by molar-refractivity contribution is 1.07. The summed E-state index contributed by atoms with van der Waals surface area (Å²) >= 11 is 0. The Bertz CT molecular complexity index is 3890. The van der Waals surface area contributed by atoms with Gasteiger partial charge in [0.25, 0.3) is 0 Å². The predicted octanol–water partition coefficient (Wildman–Crippen LogP) is 11.8. The van der Waals surface area contributed by atoms with Crippen LogP contribution >= 0.6 is 0 Å². The molecule has 0 saturated carbocycles. The third kappa shape index (κ3) is 5.49. The van der Waals surface area contributed by atoms with Crippen LogP contribution in [0.25, 0.3) is 78.7 Å². The van der Waals surface area contributed by atoms with Crippen LogP contribution in [0.3, 0.4) is 0 Å². The Morgan fingerprint density at radius 3 is 1.54 bits per heavy atom. The van der Waals surface area contributed by atoms with Crippen LogP contribution in [-0.2, 0) is 6.42 Å². The van der Waals surface area contributed by atoms with Crippen molar-refractivity contribution in [3.8, 4) is 78.7 Å². The van der Waals surface area contributed by atoms with Gasteiger partial charge in [-0.3, -0.25) is 0 Å². The van der Waals surface area contributed by atoms with Gasteiger partial charge in [0.1, 0.15) is 0 Å².